The van der Waals surface area contributed by atoms with E-state index in [0.717, 1.165) is 12.0 Å². The normalized spacial score (nSPS) is 10.1. The second-order valence-electron chi connectivity index (χ2n) is 4.81. The molecule has 3 N–H and O–H groups in total. The lowest BCUT2D eigenvalue weighted by molar-refractivity contribution is -0.123. The number of nitrogens with two attached hydrogens (primary N) is 1. The van der Waals surface area contributed by atoms with Crippen LogP contribution in [0.25, 0.3) is 0 Å². The lowest BCUT2D eigenvalue weighted by Gasteiger charge is -2.08. The molecule has 0 aliphatic carbocycles. The Morgan fingerprint density at radius 2 is 1.86 bits per heavy atom. The van der Waals surface area contributed by atoms with Gasteiger partial charge < -0.3 is 15.8 Å². The highest BCUT2D eigenvalue weighted by Gasteiger charge is 2.03. The van der Waals surface area contributed by atoms with Crippen molar-refractivity contribution in [2.45, 2.75) is 19.9 Å². The molecule has 0 unspecified atom stereocenters. The Hall–Kier alpha value is -2.49. The molecule has 0 saturated heterocycles. The number of ether oxygens (including phenoxy) is 1. The van der Waals surface area contributed by atoms with Gasteiger partial charge in [-0.05, 0) is 29.7 Å². The zero-order valence-electron chi connectivity index (χ0n) is 12.1. The standard InChI is InChI=1S/C17H20N2O2/c1-2-13-6-8-14(9-7-13)11-19-17(20)12-21-16-5-3-4-15(18)10-16/h3-10H,2,11-12,18H2,1H3,(H,19,20). The Bertz CT molecular complexity index is 594. The zero-order chi connectivity index (χ0) is 15.1. The van der Waals surface area contributed by atoms with Crippen LogP contribution in [0.5, 0.6) is 5.75 Å². The van der Waals surface area contributed by atoms with Crippen molar-refractivity contribution >= 4 is 11.6 Å². The first-order chi connectivity index (χ1) is 10.2. The number of nitrogen functional groups attached to an aromatic ring is 1. The van der Waals surface area contributed by atoms with Crippen molar-refractivity contribution < 1.29 is 9.53 Å². The van der Waals surface area contributed by atoms with Gasteiger partial charge in [-0.2, -0.15) is 0 Å². The predicted octanol–water partition coefficient (Wildman–Crippen LogP) is 2.53. The van der Waals surface area contributed by atoms with Crippen LogP contribution in [0.2, 0.25) is 0 Å². The number of anilines is 1. The van der Waals surface area contributed by atoms with Crippen LogP contribution in [0, 0.1) is 0 Å². The van der Waals surface area contributed by atoms with Crippen molar-refractivity contribution in [3.63, 3.8) is 0 Å². The van der Waals surface area contributed by atoms with Gasteiger partial charge >= 0.3 is 0 Å². The molecule has 0 atom stereocenters. The second-order valence-corrected chi connectivity index (χ2v) is 4.81. The number of benzene rings is 2. The van der Waals surface area contributed by atoms with Crippen LogP contribution < -0.4 is 15.8 Å². The van der Waals surface area contributed by atoms with Crippen LogP contribution in [0.4, 0.5) is 5.69 Å². The number of rotatable bonds is 6. The molecule has 0 saturated carbocycles. The fourth-order valence-electron chi connectivity index (χ4n) is 1.90. The molecule has 0 spiro atoms. The summed E-state index contributed by atoms with van der Waals surface area (Å²) in [4.78, 5) is 11.7. The summed E-state index contributed by atoms with van der Waals surface area (Å²) in [6, 6.07) is 15.2. The highest BCUT2D eigenvalue weighted by atomic mass is 16.5. The van der Waals surface area contributed by atoms with Crippen LogP contribution >= 0.6 is 0 Å². The summed E-state index contributed by atoms with van der Waals surface area (Å²) >= 11 is 0. The van der Waals surface area contributed by atoms with Gasteiger partial charge in [0.05, 0.1) is 0 Å². The zero-order valence-corrected chi connectivity index (χ0v) is 12.1. The van der Waals surface area contributed by atoms with Crippen molar-refractivity contribution in [1.29, 1.82) is 0 Å². The van der Waals surface area contributed by atoms with Gasteiger partial charge in [0.2, 0.25) is 0 Å². The van der Waals surface area contributed by atoms with E-state index in [-0.39, 0.29) is 12.5 Å². The molecule has 2 aromatic carbocycles. The van der Waals surface area contributed by atoms with E-state index >= 15 is 0 Å². The fraction of sp³-hybridized carbons (Fsp3) is 0.235. The third-order valence-corrected chi connectivity index (χ3v) is 3.15. The van der Waals surface area contributed by atoms with Crippen LogP contribution in [0.15, 0.2) is 48.5 Å². The average Bonchev–Trinajstić information content (AvgIpc) is 2.51. The Morgan fingerprint density at radius 3 is 2.52 bits per heavy atom. The first kappa shape index (κ1) is 14.9. The Kier molecular flexibility index (Phi) is 5.21. The minimum absolute atomic E-state index is 0.0174. The molecule has 4 heteroatoms. The van der Waals surface area contributed by atoms with Gasteiger partial charge in [-0.3, -0.25) is 4.79 Å². The van der Waals surface area contributed by atoms with Crippen molar-refractivity contribution in [2.24, 2.45) is 0 Å². The maximum atomic E-state index is 11.7. The summed E-state index contributed by atoms with van der Waals surface area (Å²) in [5, 5.41) is 2.83. The molecule has 1 amide bonds. The van der Waals surface area contributed by atoms with E-state index in [4.69, 9.17) is 10.5 Å². The van der Waals surface area contributed by atoms with E-state index < -0.39 is 0 Å². The average molecular weight is 284 g/mol. The number of carbonyl (C=O) groups excluding carboxylic acids is 1. The molecule has 0 aromatic heterocycles. The number of aryl methyl sites for hydroxylation is 1. The monoisotopic (exact) mass is 284 g/mol. The molecule has 0 aliphatic rings. The summed E-state index contributed by atoms with van der Waals surface area (Å²) in [7, 11) is 0. The lowest BCUT2D eigenvalue weighted by atomic mass is 10.1. The molecule has 0 fully saturated rings. The van der Waals surface area contributed by atoms with Crippen LogP contribution in [-0.4, -0.2) is 12.5 Å². The van der Waals surface area contributed by atoms with Crippen molar-refractivity contribution in [1.82, 2.24) is 5.32 Å². The van der Waals surface area contributed by atoms with Crippen molar-refractivity contribution in [2.75, 3.05) is 12.3 Å². The largest absolute Gasteiger partial charge is 0.484 e. The Morgan fingerprint density at radius 1 is 1.14 bits per heavy atom. The Balaban J connectivity index is 1.76. The highest BCUT2D eigenvalue weighted by Crippen LogP contribution is 2.14. The summed E-state index contributed by atoms with van der Waals surface area (Å²) in [6.07, 6.45) is 1.01. The first-order valence-corrected chi connectivity index (χ1v) is 7.00. The molecule has 0 radical (unpaired) electrons. The van der Waals surface area contributed by atoms with E-state index in [9.17, 15) is 4.79 Å². The summed E-state index contributed by atoms with van der Waals surface area (Å²) in [5.41, 5.74) is 8.62. The Labute approximate surface area is 124 Å². The second kappa shape index (κ2) is 7.33. The maximum Gasteiger partial charge on any atom is 0.258 e. The molecular formula is C17H20N2O2. The third kappa shape index (κ3) is 4.84. The fourth-order valence-corrected chi connectivity index (χ4v) is 1.90. The van der Waals surface area contributed by atoms with Crippen LogP contribution in [0.3, 0.4) is 0 Å². The van der Waals surface area contributed by atoms with E-state index in [2.05, 4.69) is 24.4 Å². The quantitative estimate of drug-likeness (QED) is 0.801. The molecule has 2 rings (SSSR count). The van der Waals surface area contributed by atoms with Crippen LogP contribution in [0.1, 0.15) is 18.1 Å². The van der Waals surface area contributed by atoms with E-state index in [1.165, 1.54) is 5.56 Å². The minimum Gasteiger partial charge on any atom is -0.484 e. The topological polar surface area (TPSA) is 64.3 Å². The number of carbonyl (C=O) groups is 1. The van der Waals surface area contributed by atoms with Gasteiger partial charge in [0.25, 0.3) is 5.91 Å². The molecule has 0 bridgehead atoms. The summed E-state index contributed by atoms with van der Waals surface area (Å²) < 4.78 is 5.38. The van der Waals surface area contributed by atoms with Gasteiger partial charge in [-0.15, -0.1) is 0 Å². The third-order valence-electron chi connectivity index (χ3n) is 3.15. The minimum atomic E-state index is -0.156. The van der Waals surface area contributed by atoms with E-state index in [1.54, 1.807) is 24.3 Å². The van der Waals surface area contributed by atoms with Gasteiger partial charge in [0, 0.05) is 18.3 Å². The predicted molar refractivity (Wildman–Crippen MR) is 84.0 cm³/mol. The first-order valence-electron chi connectivity index (χ1n) is 7.00. The van der Waals surface area contributed by atoms with E-state index in [1.807, 2.05) is 12.1 Å². The number of nitrogens with one attached hydrogen (secondary N) is 1. The highest BCUT2D eigenvalue weighted by molar-refractivity contribution is 5.77. The molecular weight excluding hydrogens is 264 g/mol. The van der Waals surface area contributed by atoms with Crippen molar-refractivity contribution in [3.8, 4) is 5.75 Å². The van der Waals surface area contributed by atoms with Gasteiger partial charge in [0.1, 0.15) is 5.75 Å². The summed E-state index contributed by atoms with van der Waals surface area (Å²) in [6.45, 7) is 2.60. The molecule has 4 nitrogen and oxygen atoms in total. The SMILES string of the molecule is CCc1ccc(CNC(=O)COc2cccc(N)c2)cc1. The lowest BCUT2D eigenvalue weighted by Crippen LogP contribution is -2.28. The van der Waals surface area contributed by atoms with Gasteiger partial charge in [-0.1, -0.05) is 37.3 Å². The van der Waals surface area contributed by atoms with Gasteiger partial charge in [0.15, 0.2) is 6.61 Å². The van der Waals surface area contributed by atoms with E-state index in [0.29, 0.717) is 18.0 Å². The molecule has 0 heterocycles. The summed E-state index contributed by atoms with van der Waals surface area (Å²) in [5.74, 6) is 0.439. The molecule has 21 heavy (non-hydrogen) atoms. The smallest absolute Gasteiger partial charge is 0.258 e. The number of hydrogen-bond donors (Lipinski definition) is 2. The maximum absolute atomic E-state index is 11.7. The molecule has 2 aromatic rings. The number of hydrogen-bond acceptors (Lipinski definition) is 3. The van der Waals surface area contributed by atoms with Gasteiger partial charge in [-0.25, -0.2) is 0 Å². The molecule has 0 aliphatic heterocycles. The van der Waals surface area contributed by atoms with Crippen LogP contribution in [-0.2, 0) is 17.8 Å². The number of amides is 1. The molecule has 110 valence electrons. The van der Waals surface area contributed by atoms with Crippen molar-refractivity contribution in [3.05, 3.63) is 59.7 Å².